The van der Waals surface area contributed by atoms with Crippen LogP contribution >= 0.6 is 23.2 Å². The maximum absolute atomic E-state index is 15.9. The molecule has 3 aromatic heterocycles. The number of sulfonamides is 1. The number of nitrogens with zero attached hydrogens (tertiary/aromatic N) is 5. The van der Waals surface area contributed by atoms with Crippen LogP contribution in [0.2, 0.25) is 10.0 Å². The first-order chi connectivity index (χ1) is 26.4. The Hall–Kier alpha value is -5.10. The molecule has 0 unspecified atom stereocenters. The lowest BCUT2D eigenvalue weighted by molar-refractivity contribution is 0.0217. The van der Waals surface area contributed by atoms with Crippen molar-refractivity contribution in [3.05, 3.63) is 101 Å². The van der Waals surface area contributed by atoms with Crippen molar-refractivity contribution < 1.29 is 35.1 Å². The second kappa shape index (κ2) is 14.8. The van der Waals surface area contributed by atoms with Gasteiger partial charge < -0.3 is 15.0 Å². The van der Waals surface area contributed by atoms with Crippen LogP contribution in [0.1, 0.15) is 33.6 Å². The van der Waals surface area contributed by atoms with Gasteiger partial charge in [-0.15, -0.1) is 0 Å². The van der Waals surface area contributed by atoms with Crippen molar-refractivity contribution in [1.29, 1.82) is 0 Å². The van der Waals surface area contributed by atoms with E-state index in [9.17, 15) is 21.6 Å². The van der Waals surface area contributed by atoms with E-state index in [-0.39, 0.29) is 63.5 Å². The first-order valence-corrected chi connectivity index (χ1v) is 20.9. The highest BCUT2D eigenvalue weighted by Gasteiger charge is 2.36. The number of anilines is 3. The molecule has 7 rings (SSSR count). The Bertz CT molecular complexity index is 2760. The molecule has 2 N–H and O–H groups in total. The van der Waals surface area contributed by atoms with E-state index < -0.39 is 64.7 Å². The smallest absolute Gasteiger partial charge is 0.410 e. The topological polar surface area (TPSA) is 165 Å². The number of carbonyl (C=O) groups excluding carboxylic acids is 1. The lowest BCUT2D eigenvalue weighted by atomic mass is 10.1. The second-order valence-corrected chi connectivity index (χ2v) is 18.6. The van der Waals surface area contributed by atoms with Gasteiger partial charge in [0.2, 0.25) is 0 Å². The van der Waals surface area contributed by atoms with Crippen molar-refractivity contribution in [2.24, 2.45) is 0 Å². The number of piperidine rings is 1. The molecule has 6 aromatic rings. The SMILES string of the molecule is CC(C)(C)OC(=O)N1CCC(S(=O)(=O)c2cn(-c3ccc4ncnc(Nc5c(F)ccc(NS(=O)(=O)c6cccc(Cl)c6Cl)c5F)c4n3)c3ccccc23)CC1. The van der Waals surface area contributed by atoms with Crippen molar-refractivity contribution in [2.75, 3.05) is 23.1 Å². The summed E-state index contributed by atoms with van der Waals surface area (Å²) in [5.41, 5.74) is -1.16. The van der Waals surface area contributed by atoms with Gasteiger partial charge in [0, 0.05) is 24.7 Å². The number of hydrogen-bond acceptors (Lipinski definition) is 10. The molecule has 0 radical (unpaired) electrons. The Morgan fingerprint density at radius 1 is 0.911 bits per heavy atom. The van der Waals surface area contributed by atoms with E-state index in [2.05, 4.69) is 20.0 Å². The average molecular weight is 845 g/mol. The van der Waals surface area contributed by atoms with Gasteiger partial charge >= 0.3 is 6.09 Å². The van der Waals surface area contributed by atoms with Crippen LogP contribution in [0.3, 0.4) is 0 Å². The average Bonchev–Trinajstić information content (AvgIpc) is 3.55. The number of hydrogen-bond donors (Lipinski definition) is 2. The third-order valence-corrected chi connectivity index (χ3v) is 13.6. The van der Waals surface area contributed by atoms with Crippen molar-refractivity contribution in [1.82, 2.24) is 24.4 Å². The van der Waals surface area contributed by atoms with Gasteiger partial charge in [0.25, 0.3) is 10.0 Å². The number of fused-ring (bicyclic) bond motifs is 2. The molecule has 13 nitrogen and oxygen atoms in total. The number of rotatable bonds is 8. The highest BCUT2D eigenvalue weighted by atomic mass is 35.5. The normalized spacial score (nSPS) is 14.3. The lowest BCUT2D eigenvalue weighted by Gasteiger charge is -2.33. The van der Waals surface area contributed by atoms with E-state index in [4.69, 9.17) is 32.9 Å². The minimum Gasteiger partial charge on any atom is -0.444 e. The summed E-state index contributed by atoms with van der Waals surface area (Å²) in [6, 6.07) is 15.8. The fourth-order valence-corrected chi connectivity index (χ4v) is 10.1. The Kier molecular flexibility index (Phi) is 10.3. The highest BCUT2D eigenvalue weighted by molar-refractivity contribution is 7.93. The molecule has 0 saturated carbocycles. The van der Waals surface area contributed by atoms with Gasteiger partial charge in [-0.1, -0.05) is 47.5 Å². The molecule has 292 valence electrons. The summed E-state index contributed by atoms with van der Waals surface area (Å²) < 4.78 is 94.9. The van der Waals surface area contributed by atoms with Gasteiger partial charge in [0.1, 0.15) is 39.7 Å². The molecule has 1 amide bonds. The molecule has 0 spiro atoms. The summed E-state index contributed by atoms with van der Waals surface area (Å²) in [7, 11) is -8.38. The molecule has 1 aliphatic heterocycles. The van der Waals surface area contributed by atoms with Crippen molar-refractivity contribution >= 4 is 88.3 Å². The number of benzene rings is 3. The maximum atomic E-state index is 15.9. The molecule has 3 aromatic carbocycles. The summed E-state index contributed by atoms with van der Waals surface area (Å²) in [6.07, 6.45) is 2.57. The van der Waals surface area contributed by atoms with Crippen LogP contribution < -0.4 is 10.0 Å². The van der Waals surface area contributed by atoms with Crippen LogP contribution in [-0.2, 0) is 24.6 Å². The second-order valence-electron chi connectivity index (χ2n) is 13.9. The van der Waals surface area contributed by atoms with Gasteiger partial charge in [-0.05, 0) is 76.1 Å². The predicted octanol–water partition coefficient (Wildman–Crippen LogP) is 8.27. The van der Waals surface area contributed by atoms with Gasteiger partial charge in [0.15, 0.2) is 21.5 Å². The Labute approximate surface area is 330 Å². The number of para-hydroxylation sites is 1. The number of sulfone groups is 1. The van der Waals surface area contributed by atoms with Crippen molar-refractivity contribution in [3.8, 4) is 5.82 Å². The molecule has 1 fully saturated rings. The highest BCUT2D eigenvalue weighted by Crippen LogP contribution is 2.36. The molecule has 56 heavy (non-hydrogen) atoms. The van der Waals surface area contributed by atoms with E-state index in [1.165, 1.54) is 29.3 Å². The van der Waals surface area contributed by atoms with Gasteiger partial charge in [0.05, 0.1) is 36.9 Å². The van der Waals surface area contributed by atoms with Crippen LogP contribution in [0.15, 0.2) is 89.0 Å². The Morgan fingerprint density at radius 3 is 2.38 bits per heavy atom. The molecule has 4 heterocycles. The summed E-state index contributed by atoms with van der Waals surface area (Å²) in [5, 5.41) is 1.97. The van der Waals surface area contributed by atoms with Crippen molar-refractivity contribution in [2.45, 2.75) is 54.3 Å². The Balaban J connectivity index is 1.21. The molecule has 1 saturated heterocycles. The van der Waals surface area contributed by atoms with E-state index in [0.29, 0.717) is 10.9 Å². The predicted molar refractivity (Wildman–Crippen MR) is 209 cm³/mol. The largest absolute Gasteiger partial charge is 0.444 e. The summed E-state index contributed by atoms with van der Waals surface area (Å²) in [6.45, 7) is 5.72. The zero-order chi connectivity index (χ0) is 40.2. The number of amides is 1. The van der Waals surface area contributed by atoms with E-state index >= 15 is 8.78 Å². The van der Waals surface area contributed by atoms with Crippen LogP contribution in [0, 0.1) is 11.6 Å². The molecule has 19 heteroatoms. The van der Waals surface area contributed by atoms with E-state index in [1.54, 1.807) is 61.7 Å². The minimum absolute atomic E-state index is 0.0397. The van der Waals surface area contributed by atoms with E-state index in [1.807, 2.05) is 0 Å². The molecule has 0 bridgehead atoms. The monoisotopic (exact) mass is 843 g/mol. The number of pyridine rings is 1. The van der Waals surface area contributed by atoms with Gasteiger partial charge in [-0.2, -0.15) is 0 Å². The minimum atomic E-state index is -4.47. The number of halogens is 4. The summed E-state index contributed by atoms with van der Waals surface area (Å²) in [5.74, 6) is -2.25. The lowest BCUT2D eigenvalue weighted by Crippen LogP contribution is -2.44. The first-order valence-electron chi connectivity index (χ1n) is 17.1. The Morgan fingerprint density at radius 2 is 1.64 bits per heavy atom. The third kappa shape index (κ3) is 7.55. The third-order valence-electron chi connectivity index (χ3n) is 9.01. The summed E-state index contributed by atoms with van der Waals surface area (Å²) in [4.78, 5) is 26.9. The number of nitrogens with one attached hydrogen (secondary N) is 2. The molecular formula is C37H33Cl2F2N7O6S2. The van der Waals surface area contributed by atoms with Crippen LogP contribution in [-0.4, -0.2) is 71.3 Å². The van der Waals surface area contributed by atoms with Crippen LogP contribution in [0.5, 0.6) is 0 Å². The van der Waals surface area contributed by atoms with E-state index in [0.717, 1.165) is 18.5 Å². The molecular weight excluding hydrogens is 811 g/mol. The first kappa shape index (κ1) is 39.1. The fraction of sp³-hybridized carbons (Fsp3) is 0.243. The van der Waals surface area contributed by atoms with Crippen molar-refractivity contribution in [3.63, 3.8) is 0 Å². The zero-order valence-corrected chi connectivity index (χ0v) is 33.1. The van der Waals surface area contributed by atoms with Crippen LogP contribution in [0.25, 0.3) is 27.8 Å². The zero-order valence-electron chi connectivity index (χ0n) is 29.9. The number of carbonyl (C=O) groups is 1. The maximum Gasteiger partial charge on any atom is 0.410 e. The number of likely N-dealkylation sites (tertiary alicyclic amines) is 1. The number of ether oxygens (including phenoxy) is 1. The van der Waals surface area contributed by atoms with Crippen LogP contribution in [0.4, 0.5) is 30.8 Å². The molecule has 0 aliphatic carbocycles. The standard InChI is InChI=1S/C37H33Cl2F2N7O6S2/c1-37(2,3)54-36(49)47-17-15-21(16-18-47)55(50,51)29-19-48(27-9-5-4-7-22(27)29)30-14-13-26-34(44-30)35(43-20-42-26)45-33-24(40)11-12-25(32(33)41)46-56(52,53)28-10-6-8-23(38)31(28)39/h4-14,19-21,46H,15-18H2,1-3H3,(H,42,43,45). The fourth-order valence-electron chi connectivity index (χ4n) is 6.33. The van der Waals surface area contributed by atoms with Gasteiger partial charge in [-0.25, -0.2) is 45.4 Å². The quantitative estimate of drug-likeness (QED) is 0.152. The van der Waals surface area contributed by atoms with Gasteiger partial charge in [-0.3, -0.25) is 9.29 Å². The summed E-state index contributed by atoms with van der Waals surface area (Å²) >= 11 is 12.1. The number of aromatic nitrogens is 4. The molecule has 0 atom stereocenters. The molecule has 1 aliphatic rings.